The Balaban J connectivity index is 2.28. The Bertz CT molecular complexity index is 591. The molecule has 4 nitrogen and oxygen atoms in total. The quantitative estimate of drug-likeness (QED) is 0.508. The van der Waals surface area contributed by atoms with E-state index in [2.05, 4.69) is 0 Å². The van der Waals surface area contributed by atoms with Gasteiger partial charge in [0.2, 0.25) is 0 Å². The number of hydrogen-bond acceptors (Lipinski definition) is 3. The van der Waals surface area contributed by atoms with Crippen LogP contribution in [0.15, 0.2) is 48.5 Å². The van der Waals surface area contributed by atoms with Gasteiger partial charge in [0.25, 0.3) is 0 Å². The molecule has 18 heavy (non-hydrogen) atoms. The second kappa shape index (κ2) is 5.14. The standard InChI is InChI=1S/C14H11NO3/c16-14-9-8-12(10-13(14)15(17)18)7-6-11-4-2-1-3-5-11/h1-10,16H/b7-6+. The molecule has 2 aromatic rings. The van der Waals surface area contributed by atoms with Gasteiger partial charge in [0.15, 0.2) is 5.75 Å². The van der Waals surface area contributed by atoms with Crippen LogP contribution in [0, 0.1) is 10.1 Å². The SMILES string of the molecule is O=[N+]([O-])c1cc(/C=C/c2ccccc2)ccc1O. The lowest BCUT2D eigenvalue weighted by atomic mass is 10.1. The van der Waals surface area contributed by atoms with Crippen LogP contribution in [-0.2, 0) is 0 Å². The molecule has 4 heteroatoms. The molecule has 0 fully saturated rings. The van der Waals surface area contributed by atoms with Crippen molar-refractivity contribution in [3.63, 3.8) is 0 Å². The summed E-state index contributed by atoms with van der Waals surface area (Å²) in [6.07, 6.45) is 3.62. The van der Waals surface area contributed by atoms with Gasteiger partial charge in [-0.15, -0.1) is 0 Å². The maximum atomic E-state index is 10.7. The zero-order valence-electron chi connectivity index (χ0n) is 9.48. The van der Waals surface area contributed by atoms with Crippen LogP contribution in [0.5, 0.6) is 5.75 Å². The molecule has 0 atom stereocenters. The van der Waals surface area contributed by atoms with Gasteiger partial charge < -0.3 is 5.11 Å². The fourth-order valence-corrected chi connectivity index (χ4v) is 1.55. The van der Waals surface area contributed by atoms with Crippen molar-refractivity contribution in [3.05, 3.63) is 69.8 Å². The number of nitro groups is 1. The minimum atomic E-state index is -0.602. The van der Waals surface area contributed by atoms with Crippen molar-refractivity contribution in [1.29, 1.82) is 0 Å². The van der Waals surface area contributed by atoms with E-state index in [1.54, 1.807) is 12.1 Å². The number of nitrogens with zero attached hydrogens (tertiary/aromatic N) is 1. The number of nitro benzene ring substituents is 1. The van der Waals surface area contributed by atoms with E-state index >= 15 is 0 Å². The van der Waals surface area contributed by atoms with Crippen LogP contribution in [0.4, 0.5) is 5.69 Å². The highest BCUT2D eigenvalue weighted by molar-refractivity contribution is 5.71. The number of rotatable bonds is 3. The zero-order chi connectivity index (χ0) is 13.0. The Kier molecular flexibility index (Phi) is 3.38. The molecule has 2 aromatic carbocycles. The second-order valence-corrected chi connectivity index (χ2v) is 3.75. The Labute approximate surface area is 104 Å². The van der Waals surface area contributed by atoms with Gasteiger partial charge >= 0.3 is 5.69 Å². The molecule has 90 valence electrons. The van der Waals surface area contributed by atoms with Gasteiger partial charge in [-0.05, 0) is 17.2 Å². The number of phenolic OH excluding ortho intramolecular Hbond substituents is 1. The van der Waals surface area contributed by atoms with Crippen LogP contribution in [-0.4, -0.2) is 10.0 Å². The summed E-state index contributed by atoms with van der Waals surface area (Å²) in [7, 11) is 0. The van der Waals surface area contributed by atoms with Crippen molar-refractivity contribution >= 4 is 17.8 Å². The Morgan fingerprint density at radius 1 is 1.00 bits per heavy atom. The maximum absolute atomic E-state index is 10.7. The third-order valence-electron chi connectivity index (χ3n) is 2.46. The van der Waals surface area contributed by atoms with E-state index < -0.39 is 4.92 Å². The molecule has 0 heterocycles. The van der Waals surface area contributed by atoms with Crippen molar-refractivity contribution < 1.29 is 10.0 Å². The van der Waals surface area contributed by atoms with Crippen molar-refractivity contribution in [3.8, 4) is 5.75 Å². The Hall–Kier alpha value is -2.62. The summed E-state index contributed by atoms with van der Waals surface area (Å²) in [6, 6.07) is 13.9. The van der Waals surface area contributed by atoms with E-state index in [0.717, 1.165) is 5.56 Å². The van der Waals surface area contributed by atoms with Crippen LogP contribution < -0.4 is 0 Å². The van der Waals surface area contributed by atoms with E-state index in [0.29, 0.717) is 5.56 Å². The van der Waals surface area contributed by atoms with Crippen LogP contribution in [0.1, 0.15) is 11.1 Å². The molecule has 0 spiro atoms. The first kappa shape index (κ1) is 11.9. The van der Waals surface area contributed by atoms with Crippen molar-refractivity contribution in [2.24, 2.45) is 0 Å². The highest BCUT2D eigenvalue weighted by atomic mass is 16.6. The summed E-state index contributed by atoms with van der Waals surface area (Å²) in [5.74, 6) is -0.322. The van der Waals surface area contributed by atoms with Gasteiger partial charge in [-0.1, -0.05) is 48.6 Å². The largest absolute Gasteiger partial charge is 0.502 e. The molecule has 0 saturated heterocycles. The number of aromatic hydroxyl groups is 1. The van der Waals surface area contributed by atoms with Gasteiger partial charge in [0.05, 0.1) is 4.92 Å². The molecule has 0 unspecified atom stereocenters. The molecular formula is C14H11NO3. The highest BCUT2D eigenvalue weighted by Crippen LogP contribution is 2.26. The molecular weight excluding hydrogens is 230 g/mol. The average Bonchev–Trinajstić information content (AvgIpc) is 2.38. The molecule has 1 N–H and O–H groups in total. The summed E-state index contributed by atoms with van der Waals surface area (Å²) >= 11 is 0. The fraction of sp³-hybridized carbons (Fsp3) is 0. The van der Waals surface area contributed by atoms with Crippen molar-refractivity contribution in [2.45, 2.75) is 0 Å². The highest BCUT2D eigenvalue weighted by Gasteiger charge is 2.12. The molecule has 0 aliphatic heterocycles. The lowest BCUT2D eigenvalue weighted by Gasteiger charge is -1.98. The fourth-order valence-electron chi connectivity index (χ4n) is 1.55. The normalized spacial score (nSPS) is 10.7. The summed E-state index contributed by atoms with van der Waals surface area (Å²) in [5.41, 5.74) is 1.39. The van der Waals surface area contributed by atoms with E-state index in [1.165, 1.54) is 12.1 Å². The molecule has 0 amide bonds. The van der Waals surface area contributed by atoms with Gasteiger partial charge in [0, 0.05) is 6.07 Å². The van der Waals surface area contributed by atoms with Crippen LogP contribution in [0.2, 0.25) is 0 Å². The predicted molar refractivity (Wildman–Crippen MR) is 70.1 cm³/mol. The summed E-state index contributed by atoms with van der Waals surface area (Å²) in [4.78, 5) is 10.1. The molecule has 0 bridgehead atoms. The maximum Gasteiger partial charge on any atom is 0.311 e. The topological polar surface area (TPSA) is 63.4 Å². The third-order valence-corrected chi connectivity index (χ3v) is 2.46. The van der Waals surface area contributed by atoms with E-state index in [-0.39, 0.29) is 11.4 Å². The van der Waals surface area contributed by atoms with Crippen molar-refractivity contribution in [2.75, 3.05) is 0 Å². The molecule has 0 aromatic heterocycles. The van der Waals surface area contributed by atoms with E-state index in [1.807, 2.05) is 36.4 Å². The molecule has 0 saturated carbocycles. The second-order valence-electron chi connectivity index (χ2n) is 3.75. The van der Waals surface area contributed by atoms with Crippen molar-refractivity contribution in [1.82, 2.24) is 0 Å². The van der Waals surface area contributed by atoms with Gasteiger partial charge in [0.1, 0.15) is 0 Å². The number of phenols is 1. The van der Waals surface area contributed by atoms with Crippen LogP contribution in [0.25, 0.3) is 12.2 Å². The summed E-state index contributed by atoms with van der Waals surface area (Å²) in [5, 5.41) is 20.0. The lowest BCUT2D eigenvalue weighted by Crippen LogP contribution is -1.88. The Morgan fingerprint density at radius 3 is 2.33 bits per heavy atom. The Morgan fingerprint density at radius 2 is 1.67 bits per heavy atom. The van der Waals surface area contributed by atoms with Gasteiger partial charge in [-0.25, -0.2) is 0 Å². The minimum absolute atomic E-state index is 0.287. The predicted octanol–water partition coefficient (Wildman–Crippen LogP) is 3.47. The average molecular weight is 241 g/mol. The monoisotopic (exact) mass is 241 g/mol. The number of benzene rings is 2. The lowest BCUT2D eigenvalue weighted by molar-refractivity contribution is -0.385. The van der Waals surface area contributed by atoms with E-state index in [4.69, 9.17) is 0 Å². The summed E-state index contributed by atoms with van der Waals surface area (Å²) < 4.78 is 0. The molecule has 2 rings (SSSR count). The first-order chi connectivity index (χ1) is 8.66. The minimum Gasteiger partial charge on any atom is -0.502 e. The van der Waals surface area contributed by atoms with Gasteiger partial charge in [-0.3, -0.25) is 10.1 Å². The van der Waals surface area contributed by atoms with Crippen LogP contribution >= 0.6 is 0 Å². The smallest absolute Gasteiger partial charge is 0.311 e. The first-order valence-corrected chi connectivity index (χ1v) is 5.37. The molecule has 0 aliphatic rings. The van der Waals surface area contributed by atoms with Crippen LogP contribution in [0.3, 0.4) is 0 Å². The molecule has 0 radical (unpaired) electrons. The zero-order valence-corrected chi connectivity index (χ0v) is 9.48. The third kappa shape index (κ3) is 2.74. The first-order valence-electron chi connectivity index (χ1n) is 5.37. The molecule has 0 aliphatic carbocycles. The van der Waals surface area contributed by atoms with E-state index in [9.17, 15) is 15.2 Å². The summed E-state index contributed by atoms with van der Waals surface area (Å²) in [6.45, 7) is 0. The van der Waals surface area contributed by atoms with Gasteiger partial charge in [-0.2, -0.15) is 0 Å². The number of hydrogen-bond donors (Lipinski definition) is 1.